The summed E-state index contributed by atoms with van der Waals surface area (Å²) in [6.45, 7) is 0. The number of rotatable bonds is 10. The fourth-order valence-electron chi connectivity index (χ4n) is 3.08. The van der Waals surface area contributed by atoms with Crippen LogP contribution < -0.4 is 0 Å². The fraction of sp³-hybridized carbons (Fsp3) is 0.273. The van der Waals surface area contributed by atoms with Crippen molar-refractivity contribution in [1.82, 2.24) is 0 Å². The molecule has 0 aromatic heterocycles. The minimum Gasteiger partial charge on any atom is -0.481 e. The number of carbonyl (C=O) groups excluding carboxylic acids is 2. The highest BCUT2D eigenvalue weighted by Gasteiger charge is 2.25. The van der Waals surface area contributed by atoms with Crippen LogP contribution in [0.25, 0.3) is 0 Å². The smallest absolute Gasteiger partial charge is 0.313 e. The van der Waals surface area contributed by atoms with Crippen LogP contribution in [0.1, 0.15) is 48.6 Å². The van der Waals surface area contributed by atoms with Crippen LogP contribution in [0.15, 0.2) is 36.4 Å². The molecule has 0 saturated heterocycles. The third kappa shape index (κ3) is 7.89. The lowest BCUT2D eigenvalue weighted by Crippen LogP contribution is -2.18. The second kappa shape index (κ2) is 12.2. The van der Waals surface area contributed by atoms with Gasteiger partial charge in [0.15, 0.2) is 0 Å². The van der Waals surface area contributed by atoms with Gasteiger partial charge in [-0.15, -0.1) is 0 Å². The van der Waals surface area contributed by atoms with Gasteiger partial charge in [0, 0.05) is 12.8 Å². The first-order valence-electron chi connectivity index (χ1n) is 9.58. The van der Waals surface area contributed by atoms with Crippen LogP contribution in [0.5, 0.6) is 0 Å². The number of carboxylic acids is 2. The third-order valence-corrected chi connectivity index (χ3v) is 6.27. The zero-order valence-corrected chi connectivity index (χ0v) is 19.9. The summed E-state index contributed by atoms with van der Waals surface area (Å²) in [5, 5.41) is 19.8. The van der Waals surface area contributed by atoms with Crippen LogP contribution in [0.4, 0.5) is 0 Å². The van der Waals surface area contributed by atoms with Gasteiger partial charge < -0.3 is 14.9 Å². The molecule has 0 radical (unpaired) electrons. The zero-order chi connectivity index (χ0) is 24.7. The molecule has 2 unspecified atom stereocenters. The number of hydrogen-bond donors (Lipinski definition) is 2. The predicted octanol–water partition coefficient (Wildman–Crippen LogP) is 5.97. The van der Waals surface area contributed by atoms with Gasteiger partial charge in [0.1, 0.15) is 0 Å². The number of halogens is 4. The number of hydrogen-bond acceptors (Lipinski definition) is 5. The Balaban J connectivity index is 1.92. The van der Waals surface area contributed by atoms with E-state index in [1.54, 1.807) is 0 Å². The molecule has 0 fully saturated rings. The molecule has 2 aromatic carbocycles. The maximum absolute atomic E-state index is 12.0. The van der Waals surface area contributed by atoms with Crippen molar-refractivity contribution in [3.8, 4) is 0 Å². The Labute approximate surface area is 209 Å². The van der Waals surface area contributed by atoms with Crippen LogP contribution in [0.3, 0.4) is 0 Å². The van der Waals surface area contributed by atoms with E-state index in [0.29, 0.717) is 11.1 Å². The molecule has 0 bridgehead atoms. The molecular formula is C22H18Cl4O7. The van der Waals surface area contributed by atoms with Gasteiger partial charge in [-0.05, 0) is 48.2 Å². The van der Waals surface area contributed by atoms with Crippen molar-refractivity contribution in [2.24, 2.45) is 0 Å². The van der Waals surface area contributed by atoms with E-state index >= 15 is 0 Å². The summed E-state index contributed by atoms with van der Waals surface area (Å²) < 4.78 is 4.71. The molecule has 0 saturated carbocycles. The van der Waals surface area contributed by atoms with E-state index in [2.05, 4.69) is 0 Å². The lowest BCUT2D eigenvalue weighted by Gasteiger charge is -2.14. The number of carbonyl (C=O) groups is 4. The van der Waals surface area contributed by atoms with Crippen LogP contribution in [-0.4, -0.2) is 34.1 Å². The Kier molecular flexibility index (Phi) is 9.98. The molecule has 33 heavy (non-hydrogen) atoms. The summed E-state index contributed by atoms with van der Waals surface area (Å²) in [5.74, 6) is -6.33. The monoisotopic (exact) mass is 534 g/mol. The minimum atomic E-state index is -1.18. The molecule has 2 atom stereocenters. The van der Waals surface area contributed by atoms with Crippen molar-refractivity contribution in [2.45, 2.75) is 37.5 Å². The molecule has 2 aromatic rings. The van der Waals surface area contributed by atoms with Gasteiger partial charge in [-0.3, -0.25) is 19.2 Å². The van der Waals surface area contributed by atoms with Crippen LogP contribution >= 0.6 is 46.4 Å². The van der Waals surface area contributed by atoms with Crippen molar-refractivity contribution in [2.75, 3.05) is 0 Å². The van der Waals surface area contributed by atoms with Gasteiger partial charge in [0.25, 0.3) is 0 Å². The maximum Gasteiger partial charge on any atom is 0.313 e. The van der Waals surface area contributed by atoms with Gasteiger partial charge in [-0.2, -0.15) is 0 Å². The molecule has 0 aliphatic heterocycles. The van der Waals surface area contributed by atoms with E-state index in [9.17, 15) is 29.4 Å². The fourth-order valence-corrected chi connectivity index (χ4v) is 3.69. The normalized spacial score (nSPS) is 12.6. The summed E-state index contributed by atoms with van der Waals surface area (Å²) >= 11 is 23.5. The van der Waals surface area contributed by atoms with Gasteiger partial charge in [-0.25, -0.2) is 0 Å². The first kappa shape index (κ1) is 26.9. The average Bonchev–Trinajstić information content (AvgIpc) is 2.72. The molecule has 2 rings (SSSR count). The Bertz CT molecular complexity index is 987. The molecule has 0 aliphatic carbocycles. The molecule has 0 heterocycles. The number of carboxylic acid groups (broad SMARTS) is 2. The lowest BCUT2D eigenvalue weighted by atomic mass is 9.94. The lowest BCUT2D eigenvalue weighted by molar-refractivity contribution is -0.159. The molecule has 0 spiro atoms. The molecule has 176 valence electrons. The molecule has 0 aliphatic rings. The number of ether oxygens (including phenoxy) is 1. The highest BCUT2D eigenvalue weighted by Crippen LogP contribution is 2.30. The second-order valence-electron chi connectivity index (χ2n) is 7.05. The predicted molar refractivity (Wildman–Crippen MR) is 123 cm³/mol. The topological polar surface area (TPSA) is 118 Å². The Morgan fingerprint density at radius 1 is 0.667 bits per heavy atom. The summed E-state index contributed by atoms with van der Waals surface area (Å²) in [4.78, 5) is 47.2. The molecule has 0 amide bonds. The number of benzene rings is 2. The van der Waals surface area contributed by atoms with E-state index < -0.39 is 35.7 Å². The molecular weight excluding hydrogens is 518 g/mol. The van der Waals surface area contributed by atoms with Crippen LogP contribution in [0, 0.1) is 0 Å². The molecule has 2 N–H and O–H groups in total. The van der Waals surface area contributed by atoms with Crippen molar-refractivity contribution in [3.63, 3.8) is 0 Å². The summed E-state index contributed by atoms with van der Waals surface area (Å²) in [6.07, 6.45) is -0.975. The molecule has 7 nitrogen and oxygen atoms in total. The van der Waals surface area contributed by atoms with E-state index in [1.165, 1.54) is 36.4 Å². The van der Waals surface area contributed by atoms with Gasteiger partial charge in [-0.1, -0.05) is 58.5 Å². The van der Waals surface area contributed by atoms with Crippen molar-refractivity contribution in [3.05, 3.63) is 67.6 Å². The second-order valence-corrected chi connectivity index (χ2v) is 8.68. The number of esters is 2. The van der Waals surface area contributed by atoms with Gasteiger partial charge in [0.2, 0.25) is 0 Å². The van der Waals surface area contributed by atoms with Crippen LogP contribution in [-0.2, 0) is 23.9 Å². The van der Waals surface area contributed by atoms with Crippen molar-refractivity contribution in [1.29, 1.82) is 0 Å². The Morgan fingerprint density at radius 2 is 1.03 bits per heavy atom. The van der Waals surface area contributed by atoms with Gasteiger partial charge >= 0.3 is 23.9 Å². The van der Waals surface area contributed by atoms with E-state index in [4.69, 9.17) is 51.1 Å². The largest absolute Gasteiger partial charge is 0.481 e. The SMILES string of the molecule is O=C(CCC(C(=O)O)c1ccc(Cl)c(Cl)c1)OC(=O)CCC(C(=O)O)c1ccc(Cl)c(Cl)c1. The summed E-state index contributed by atoms with van der Waals surface area (Å²) in [7, 11) is 0. The van der Waals surface area contributed by atoms with E-state index in [-0.39, 0.29) is 45.8 Å². The zero-order valence-electron chi connectivity index (χ0n) is 16.9. The van der Waals surface area contributed by atoms with Crippen LogP contribution in [0.2, 0.25) is 20.1 Å². The van der Waals surface area contributed by atoms with E-state index in [0.717, 1.165) is 0 Å². The third-order valence-electron chi connectivity index (χ3n) is 4.79. The van der Waals surface area contributed by atoms with Gasteiger partial charge in [0.05, 0.1) is 31.9 Å². The standard InChI is InChI=1S/C22H18Cl4O7/c23-15-5-1-11(9-17(15)25)13(21(29)30)3-7-19(27)33-20(28)8-4-14(22(31)32)12-2-6-16(24)18(26)10-12/h1-2,5-6,9-10,13-14H,3-4,7-8H2,(H,29,30)(H,31,32). The minimum absolute atomic E-state index is 0.138. The quantitative estimate of drug-likeness (QED) is 0.284. The summed E-state index contributed by atoms with van der Waals surface area (Å²) in [6, 6.07) is 8.66. The van der Waals surface area contributed by atoms with E-state index in [1.807, 2.05) is 0 Å². The average molecular weight is 536 g/mol. The van der Waals surface area contributed by atoms with Crippen molar-refractivity contribution >= 4 is 70.3 Å². The summed E-state index contributed by atoms with van der Waals surface area (Å²) in [5.41, 5.74) is 0.698. The Morgan fingerprint density at radius 3 is 1.33 bits per heavy atom. The highest BCUT2D eigenvalue weighted by atomic mass is 35.5. The highest BCUT2D eigenvalue weighted by molar-refractivity contribution is 6.42. The first-order chi connectivity index (χ1) is 15.5. The molecule has 11 heteroatoms. The maximum atomic E-state index is 12.0. The Hall–Kier alpha value is -2.32. The number of aliphatic carboxylic acids is 2. The van der Waals surface area contributed by atoms with Crippen molar-refractivity contribution < 1.29 is 34.1 Å². The first-order valence-corrected chi connectivity index (χ1v) is 11.1.